The van der Waals surface area contributed by atoms with Crippen LogP contribution in [0.4, 0.5) is 5.69 Å². The Morgan fingerprint density at radius 3 is 2.47 bits per heavy atom. The average molecular weight is 596 g/mol. The van der Waals surface area contributed by atoms with Gasteiger partial charge in [0.05, 0.1) is 33.5 Å². The number of hydrogen-bond acceptors (Lipinski definition) is 5. The van der Waals surface area contributed by atoms with E-state index in [1.165, 1.54) is 11.9 Å². The van der Waals surface area contributed by atoms with Gasteiger partial charge in [-0.2, -0.15) is 4.80 Å². The average Bonchev–Trinajstić information content (AvgIpc) is 3.16. The van der Waals surface area contributed by atoms with Crippen molar-refractivity contribution in [2.45, 2.75) is 0 Å². The van der Waals surface area contributed by atoms with Crippen LogP contribution in [0.2, 0.25) is 5.02 Å². The number of aromatic nitrogens is 3. The minimum atomic E-state index is -0.437. The lowest BCUT2D eigenvalue weighted by Gasteiger charge is -2.13. The Hall–Kier alpha value is -2.53. The van der Waals surface area contributed by atoms with Crippen molar-refractivity contribution in [3.8, 4) is 11.4 Å². The summed E-state index contributed by atoms with van der Waals surface area (Å²) in [5.41, 5.74) is 2.87. The van der Waals surface area contributed by atoms with Gasteiger partial charge >= 0.3 is 0 Å². The predicted octanol–water partition coefficient (Wildman–Crippen LogP) is 5.73. The predicted molar refractivity (Wildman–Crippen MR) is 136 cm³/mol. The molecule has 0 bridgehead atoms. The molecule has 32 heavy (non-hydrogen) atoms. The molecule has 0 saturated carbocycles. The maximum Gasteiger partial charge on any atom is 0.261 e. The summed E-state index contributed by atoms with van der Waals surface area (Å²) >= 11 is 18.5. The number of methoxy groups -OCH3 is 1. The summed E-state index contributed by atoms with van der Waals surface area (Å²) in [6, 6.07) is 16.4. The van der Waals surface area contributed by atoms with Crippen molar-refractivity contribution in [2.75, 3.05) is 12.4 Å². The third-order valence-electron chi connectivity index (χ3n) is 4.39. The van der Waals surface area contributed by atoms with E-state index in [-0.39, 0.29) is 5.11 Å². The molecule has 1 heterocycles. The van der Waals surface area contributed by atoms with E-state index < -0.39 is 5.91 Å². The summed E-state index contributed by atoms with van der Waals surface area (Å²) in [6.45, 7) is 0. The molecule has 0 atom stereocenters. The molecule has 1 amide bonds. The second-order valence-corrected chi connectivity index (χ2v) is 9.11. The monoisotopic (exact) mass is 593 g/mol. The molecule has 0 radical (unpaired) electrons. The number of para-hydroxylation sites is 1. The maximum absolute atomic E-state index is 12.8. The molecular weight excluding hydrogens is 582 g/mol. The highest BCUT2D eigenvalue weighted by Gasteiger charge is 2.18. The lowest BCUT2D eigenvalue weighted by atomic mass is 10.2. The largest absolute Gasteiger partial charge is 0.495 e. The molecular formula is C21H14Br2ClN5O2S. The third-order valence-corrected chi connectivity index (χ3v) is 5.95. The quantitative estimate of drug-likeness (QED) is 0.293. The van der Waals surface area contributed by atoms with E-state index in [2.05, 4.69) is 52.7 Å². The van der Waals surface area contributed by atoms with Crippen molar-refractivity contribution >= 4 is 83.4 Å². The zero-order valence-corrected chi connectivity index (χ0v) is 21.1. The summed E-state index contributed by atoms with van der Waals surface area (Å²) in [5, 5.41) is 15.0. The Kier molecular flexibility index (Phi) is 6.75. The van der Waals surface area contributed by atoms with Gasteiger partial charge in [-0.05, 0) is 64.5 Å². The Balaban J connectivity index is 1.55. The lowest BCUT2D eigenvalue weighted by molar-refractivity contribution is 0.0974. The fourth-order valence-corrected chi connectivity index (χ4v) is 4.77. The van der Waals surface area contributed by atoms with Gasteiger partial charge in [0.1, 0.15) is 16.8 Å². The molecule has 1 aromatic heterocycles. The Morgan fingerprint density at radius 1 is 1.09 bits per heavy atom. The molecule has 0 aliphatic rings. The number of amides is 1. The molecule has 162 valence electrons. The number of halogens is 3. The minimum absolute atomic E-state index is 0.0739. The van der Waals surface area contributed by atoms with Crippen molar-refractivity contribution < 1.29 is 9.53 Å². The van der Waals surface area contributed by atoms with Crippen LogP contribution < -0.4 is 15.4 Å². The Morgan fingerprint density at radius 2 is 1.78 bits per heavy atom. The molecule has 4 aromatic rings. The molecule has 0 fully saturated rings. The van der Waals surface area contributed by atoms with Crippen LogP contribution in [0.15, 0.2) is 63.5 Å². The topological polar surface area (TPSA) is 81.1 Å². The molecule has 0 aliphatic heterocycles. The minimum Gasteiger partial charge on any atom is -0.495 e. The van der Waals surface area contributed by atoms with Gasteiger partial charge in [0.2, 0.25) is 0 Å². The summed E-state index contributed by atoms with van der Waals surface area (Å²) in [4.78, 5) is 14.3. The normalized spacial score (nSPS) is 10.8. The van der Waals surface area contributed by atoms with E-state index in [9.17, 15) is 4.79 Å². The second kappa shape index (κ2) is 9.53. The first-order valence-corrected chi connectivity index (χ1v) is 11.5. The van der Waals surface area contributed by atoms with Crippen molar-refractivity contribution in [3.05, 3.63) is 74.1 Å². The molecule has 2 N–H and O–H groups in total. The standard InChI is InChI=1S/C21H14Br2ClN5O2S/c1-31-19-13(7-11(22)8-14(19)23)20(30)26-21(32)25-16-10-18-17(9-15(16)24)27-29(28-18)12-5-3-2-4-6-12/h2-10H,1H3,(H2,25,26,30,32). The van der Waals surface area contributed by atoms with Crippen LogP contribution in [0.1, 0.15) is 10.4 Å². The number of hydrogen-bond donors (Lipinski definition) is 2. The van der Waals surface area contributed by atoms with Crippen LogP contribution in [0.3, 0.4) is 0 Å². The van der Waals surface area contributed by atoms with Crippen LogP contribution in [-0.2, 0) is 0 Å². The van der Waals surface area contributed by atoms with Gasteiger partial charge in [0.25, 0.3) is 5.91 Å². The number of benzene rings is 3. The maximum atomic E-state index is 12.8. The third kappa shape index (κ3) is 4.78. The smallest absolute Gasteiger partial charge is 0.261 e. The van der Waals surface area contributed by atoms with E-state index in [0.717, 1.165) is 5.69 Å². The Labute approximate surface area is 210 Å². The molecule has 0 saturated heterocycles. The number of anilines is 1. The molecule has 11 heteroatoms. The van der Waals surface area contributed by atoms with Crippen molar-refractivity contribution in [1.29, 1.82) is 0 Å². The molecule has 3 aromatic carbocycles. The van der Waals surface area contributed by atoms with Gasteiger partial charge in [0, 0.05) is 4.47 Å². The second-order valence-electron chi connectivity index (χ2n) is 6.52. The number of carbonyl (C=O) groups is 1. The lowest BCUT2D eigenvalue weighted by Crippen LogP contribution is -2.34. The number of rotatable bonds is 4. The zero-order chi connectivity index (χ0) is 22.8. The summed E-state index contributed by atoms with van der Waals surface area (Å²) in [7, 11) is 1.49. The molecule has 4 rings (SSSR count). The van der Waals surface area contributed by atoms with Gasteiger partial charge in [-0.25, -0.2) is 0 Å². The molecule has 0 spiro atoms. The van der Waals surface area contributed by atoms with Gasteiger partial charge in [-0.3, -0.25) is 10.1 Å². The number of ether oxygens (including phenoxy) is 1. The summed E-state index contributed by atoms with van der Waals surface area (Å²) < 4.78 is 6.67. The highest BCUT2D eigenvalue weighted by atomic mass is 79.9. The first-order chi connectivity index (χ1) is 15.4. The number of fused-ring (bicyclic) bond motifs is 1. The molecule has 0 aliphatic carbocycles. The van der Waals surface area contributed by atoms with Crippen LogP contribution >= 0.6 is 55.7 Å². The first-order valence-electron chi connectivity index (χ1n) is 9.13. The molecule has 0 unspecified atom stereocenters. The number of thiocarbonyl (C=S) groups is 1. The van der Waals surface area contributed by atoms with Crippen LogP contribution in [0, 0.1) is 0 Å². The van der Waals surface area contributed by atoms with Crippen molar-refractivity contribution in [3.63, 3.8) is 0 Å². The van der Waals surface area contributed by atoms with Gasteiger partial charge < -0.3 is 10.1 Å². The highest BCUT2D eigenvalue weighted by Crippen LogP contribution is 2.33. The van der Waals surface area contributed by atoms with E-state index in [4.69, 9.17) is 28.6 Å². The van der Waals surface area contributed by atoms with E-state index in [1.807, 2.05) is 30.3 Å². The number of nitrogens with zero attached hydrogens (tertiary/aromatic N) is 3. The van der Waals surface area contributed by atoms with Crippen molar-refractivity contribution in [1.82, 2.24) is 20.3 Å². The number of nitrogens with one attached hydrogen (secondary N) is 2. The van der Waals surface area contributed by atoms with Crippen LogP contribution in [-0.4, -0.2) is 33.1 Å². The zero-order valence-electron chi connectivity index (χ0n) is 16.4. The molecule has 7 nitrogen and oxygen atoms in total. The van der Waals surface area contributed by atoms with Gasteiger partial charge in [0.15, 0.2) is 5.11 Å². The SMILES string of the molecule is COc1c(Br)cc(Br)cc1C(=O)NC(=S)Nc1cc2nn(-c3ccccc3)nc2cc1Cl. The van der Waals surface area contributed by atoms with Gasteiger partial charge in [-0.15, -0.1) is 10.2 Å². The van der Waals surface area contributed by atoms with Crippen LogP contribution in [0.5, 0.6) is 5.75 Å². The Bertz CT molecular complexity index is 1350. The fourth-order valence-electron chi connectivity index (χ4n) is 2.97. The van der Waals surface area contributed by atoms with Crippen LogP contribution in [0.25, 0.3) is 16.7 Å². The summed E-state index contributed by atoms with van der Waals surface area (Å²) in [5.74, 6) is -0.0425. The van der Waals surface area contributed by atoms with E-state index in [0.29, 0.717) is 42.0 Å². The van der Waals surface area contributed by atoms with Crippen molar-refractivity contribution in [2.24, 2.45) is 0 Å². The first kappa shape index (κ1) is 22.7. The van der Waals surface area contributed by atoms with Gasteiger partial charge in [-0.1, -0.05) is 45.7 Å². The van der Waals surface area contributed by atoms with E-state index in [1.54, 1.807) is 24.3 Å². The van der Waals surface area contributed by atoms with E-state index >= 15 is 0 Å². The highest BCUT2D eigenvalue weighted by molar-refractivity contribution is 9.11. The fraction of sp³-hybridized carbons (Fsp3) is 0.0476. The number of carbonyl (C=O) groups excluding carboxylic acids is 1. The summed E-state index contributed by atoms with van der Waals surface area (Å²) in [6.07, 6.45) is 0.